The maximum Gasteiger partial charge on any atom is 0.309 e. The van der Waals surface area contributed by atoms with Gasteiger partial charge in [0.2, 0.25) is 0 Å². The molecule has 0 radical (unpaired) electrons. The van der Waals surface area contributed by atoms with E-state index in [0.29, 0.717) is 5.69 Å². The molecule has 1 aromatic carbocycles. The van der Waals surface area contributed by atoms with Gasteiger partial charge >= 0.3 is 5.97 Å². The quantitative estimate of drug-likeness (QED) is 0.854. The third-order valence-corrected chi connectivity index (χ3v) is 3.99. The zero-order valence-corrected chi connectivity index (χ0v) is 13.0. The fraction of sp³-hybridized carbons (Fsp3) is 0.467. The molecule has 20 heavy (non-hydrogen) atoms. The van der Waals surface area contributed by atoms with Gasteiger partial charge in [0.25, 0.3) is 5.91 Å². The molecule has 1 atom stereocenters. The van der Waals surface area contributed by atoms with Crippen LogP contribution in [0.25, 0.3) is 0 Å². The fourth-order valence-electron chi connectivity index (χ4n) is 2.26. The highest BCUT2D eigenvalue weighted by atomic mass is 79.9. The van der Waals surface area contributed by atoms with E-state index >= 15 is 0 Å². The molecule has 2 rings (SSSR count). The number of rotatable bonds is 4. The molecule has 0 spiro atoms. The molecule has 1 aliphatic carbocycles. The Balaban J connectivity index is 1.85. The molecule has 0 bridgehead atoms. The van der Waals surface area contributed by atoms with Crippen LogP contribution < -0.4 is 5.32 Å². The third-order valence-electron chi connectivity index (χ3n) is 3.46. The Morgan fingerprint density at radius 3 is 2.45 bits per heavy atom. The van der Waals surface area contributed by atoms with E-state index in [1.165, 1.54) is 0 Å². The van der Waals surface area contributed by atoms with Crippen LogP contribution in [0.3, 0.4) is 0 Å². The predicted molar refractivity (Wildman–Crippen MR) is 80.3 cm³/mol. The van der Waals surface area contributed by atoms with Crippen LogP contribution in [0.1, 0.15) is 32.6 Å². The molecule has 1 saturated carbocycles. The number of amides is 1. The van der Waals surface area contributed by atoms with E-state index < -0.39 is 6.10 Å². The number of halogens is 1. The minimum Gasteiger partial charge on any atom is -0.452 e. The Hall–Kier alpha value is -1.36. The van der Waals surface area contributed by atoms with Crippen LogP contribution in [0.15, 0.2) is 28.7 Å². The summed E-state index contributed by atoms with van der Waals surface area (Å²) >= 11 is 3.33. The van der Waals surface area contributed by atoms with Gasteiger partial charge in [0.1, 0.15) is 0 Å². The van der Waals surface area contributed by atoms with Crippen molar-refractivity contribution in [1.82, 2.24) is 0 Å². The summed E-state index contributed by atoms with van der Waals surface area (Å²) < 4.78 is 6.17. The number of hydrogen-bond donors (Lipinski definition) is 1. The Morgan fingerprint density at radius 2 is 1.85 bits per heavy atom. The lowest BCUT2D eigenvalue weighted by Gasteiger charge is -2.16. The topological polar surface area (TPSA) is 55.4 Å². The molecule has 108 valence electrons. The third kappa shape index (κ3) is 4.07. The Labute approximate surface area is 127 Å². The summed E-state index contributed by atoms with van der Waals surface area (Å²) in [4.78, 5) is 23.8. The van der Waals surface area contributed by atoms with Crippen LogP contribution in [-0.4, -0.2) is 18.0 Å². The van der Waals surface area contributed by atoms with E-state index in [0.717, 1.165) is 30.2 Å². The van der Waals surface area contributed by atoms with Crippen LogP contribution in [-0.2, 0) is 14.3 Å². The van der Waals surface area contributed by atoms with Crippen molar-refractivity contribution in [3.8, 4) is 0 Å². The molecule has 4 nitrogen and oxygen atoms in total. The fourth-order valence-corrected chi connectivity index (χ4v) is 2.53. The predicted octanol–water partition coefficient (Wildman–Crippen LogP) is 3.51. The number of anilines is 1. The van der Waals surface area contributed by atoms with Crippen molar-refractivity contribution in [2.24, 2.45) is 5.92 Å². The minimum absolute atomic E-state index is 0.0297. The molecular weight excluding hydrogens is 322 g/mol. The molecule has 1 aromatic rings. The Bertz CT molecular complexity index is 480. The van der Waals surface area contributed by atoms with Gasteiger partial charge in [0, 0.05) is 10.2 Å². The van der Waals surface area contributed by atoms with Crippen molar-refractivity contribution in [2.45, 2.75) is 38.7 Å². The smallest absolute Gasteiger partial charge is 0.309 e. The first-order chi connectivity index (χ1) is 9.56. The van der Waals surface area contributed by atoms with Gasteiger partial charge in [-0.05, 0) is 44.0 Å². The molecule has 0 saturated heterocycles. The average molecular weight is 340 g/mol. The lowest BCUT2D eigenvalue weighted by Crippen LogP contribution is -2.31. The Kier molecular flexibility index (Phi) is 5.17. The average Bonchev–Trinajstić information content (AvgIpc) is 2.95. The van der Waals surface area contributed by atoms with Crippen molar-refractivity contribution in [3.05, 3.63) is 28.7 Å². The van der Waals surface area contributed by atoms with Crippen molar-refractivity contribution < 1.29 is 14.3 Å². The zero-order valence-electron chi connectivity index (χ0n) is 11.4. The van der Waals surface area contributed by atoms with E-state index in [1.54, 1.807) is 19.1 Å². The minimum atomic E-state index is -0.772. The van der Waals surface area contributed by atoms with E-state index in [4.69, 9.17) is 4.74 Å². The first kappa shape index (κ1) is 15.0. The summed E-state index contributed by atoms with van der Waals surface area (Å²) in [6.45, 7) is 1.60. The largest absolute Gasteiger partial charge is 0.452 e. The van der Waals surface area contributed by atoms with Crippen molar-refractivity contribution >= 4 is 33.5 Å². The van der Waals surface area contributed by atoms with Gasteiger partial charge in [-0.25, -0.2) is 0 Å². The number of carbonyl (C=O) groups excluding carboxylic acids is 2. The van der Waals surface area contributed by atoms with Gasteiger partial charge < -0.3 is 10.1 Å². The molecule has 0 aromatic heterocycles. The number of benzene rings is 1. The summed E-state index contributed by atoms with van der Waals surface area (Å²) in [5.74, 6) is -0.586. The van der Waals surface area contributed by atoms with Crippen molar-refractivity contribution in [3.63, 3.8) is 0 Å². The summed E-state index contributed by atoms with van der Waals surface area (Å²) in [5, 5.41) is 2.73. The standard InChI is InChI=1S/C15H18BrNO3/c1-10(20-15(19)11-4-2-3-5-11)14(18)17-13-8-6-12(16)7-9-13/h6-11H,2-5H2,1H3,(H,17,18)/t10-/m0/s1. The second-order valence-corrected chi connectivity index (χ2v) is 5.97. The van der Waals surface area contributed by atoms with E-state index in [-0.39, 0.29) is 17.8 Å². The molecule has 1 N–H and O–H groups in total. The first-order valence-corrected chi connectivity index (χ1v) is 7.62. The summed E-state index contributed by atoms with van der Waals surface area (Å²) in [5.41, 5.74) is 0.682. The number of carbonyl (C=O) groups is 2. The summed E-state index contributed by atoms with van der Waals surface area (Å²) in [6, 6.07) is 7.25. The van der Waals surface area contributed by atoms with Crippen LogP contribution in [0.5, 0.6) is 0 Å². The van der Waals surface area contributed by atoms with Gasteiger partial charge in [-0.3, -0.25) is 9.59 Å². The van der Waals surface area contributed by atoms with E-state index in [2.05, 4.69) is 21.2 Å². The van der Waals surface area contributed by atoms with Crippen LogP contribution in [0.2, 0.25) is 0 Å². The van der Waals surface area contributed by atoms with Gasteiger partial charge in [-0.1, -0.05) is 28.8 Å². The van der Waals surface area contributed by atoms with E-state index in [9.17, 15) is 9.59 Å². The summed E-state index contributed by atoms with van der Waals surface area (Å²) in [6.07, 6.45) is 3.12. The van der Waals surface area contributed by atoms with Crippen LogP contribution >= 0.6 is 15.9 Å². The monoisotopic (exact) mass is 339 g/mol. The molecular formula is C15H18BrNO3. The zero-order chi connectivity index (χ0) is 14.5. The number of ether oxygens (including phenoxy) is 1. The number of hydrogen-bond acceptors (Lipinski definition) is 3. The normalized spacial score (nSPS) is 16.7. The maximum atomic E-state index is 11.9. The van der Waals surface area contributed by atoms with Gasteiger partial charge in [0.05, 0.1) is 5.92 Å². The molecule has 1 fully saturated rings. The second-order valence-electron chi connectivity index (χ2n) is 5.06. The number of esters is 1. The molecule has 1 amide bonds. The van der Waals surface area contributed by atoms with E-state index in [1.807, 2.05) is 12.1 Å². The van der Waals surface area contributed by atoms with Crippen molar-refractivity contribution in [1.29, 1.82) is 0 Å². The SMILES string of the molecule is C[C@H](OC(=O)C1CCCC1)C(=O)Nc1ccc(Br)cc1. The second kappa shape index (κ2) is 6.88. The molecule has 0 aliphatic heterocycles. The van der Waals surface area contributed by atoms with Crippen LogP contribution in [0.4, 0.5) is 5.69 Å². The highest BCUT2D eigenvalue weighted by Crippen LogP contribution is 2.26. The highest BCUT2D eigenvalue weighted by Gasteiger charge is 2.27. The maximum absolute atomic E-state index is 11.9. The number of nitrogens with one attached hydrogen (secondary N) is 1. The highest BCUT2D eigenvalue weighted by molar-refractivity contribution is 9.10. The lowest BCUT2D eigenvalue weighted by atomic mass is 10.1. The Morgan fingerprint density at radius 1 is 1.25 bits per heavy atom. The summed E-state index contributed by atoms with van der Waals surface area (Å²) in [7, 11) is 0. The van der Waals surface area contributed by atoms with Gasteiger partial charge in [0.15, 0.2) is 6.10 Å². The van der Waals surface area contributed by atoms with Gasteiger partial charge in [-0.2, -0.15) is 0 Å². The van der Waals surface area contributed by atoms with Gasteiger partial charge in [-0.15, -0.1) is 0 Å². The molecule has 1 aliphatic rings. The van der Waals surface area contributed by atoms with Crippen LogP contribution in [0, 0.1) is 5.92 Å². The molecule has 0 heterocycles. The lowest BCUT2D eigenvalue weighted by molar-refractivity contribution is -0.157. The molecule has 5 heteroatoms. The van der Waals surface area contributed by atoms with Crippen molar-refractivity contribution in [2.75, 3.05) is 5.32 Å². The first-order valence-electron chi connectivity index (χ1n) is 6.83. The molecule has 0 unspecified atom stereocenters.